The van der Waals surface area contributed by atoms with Gasteiger partial charge in [0.05, 0.1) is 5.92 Å². The van der Waals surface area contributed by atoms with Crippen LogP contribution in [0.2, 0.25) is 0 Å². The van der Waals surface area contributed by atoms with Crippen molar-refractivity contribution in [3.8, 4) is 11.5 Å². The first-order chi connectivity index (χ1) is 16.2. The summed E-state index contributed by atoms with van der Waals surface area (Å²) in [5.41, 5.74) is 3.18. The van der Waals surface area contributed by atoms with E-state index in [0.717, 1.165) is 37.1 Å². The van der Waals surface area contributed by atoms with E-state index in [1.807, 2.05) is 29.2 Å². The lowest BCUT2D eigenvalue weighted by atomic mass is 9.92. The van der Waals surface area contributed by atoms with Crippen LogP contribution in [0.3, 0.4) is 0 Å². The first-order valence-corrected chi connectivity index (χ1v) is 11.7. The minimum absolute atomic E-state index is 0.0158. The molecule has 4 heterocycles. The van der Waals surface area contributed by atoms with Crippen LogP contribution in [0.4, 0.5) is 5.69 Å². The van der Waals surface area contributed by atoms with Crippen LogP contribution in [-0.2, 0) is 9.59 Å². The van der Waals surface area contributed by atoms with E-state index in [9.17, 15) is 9.59 Å². The fourth-order valence-electron chi connectivity index (χ4n) is 5.31. The Labute approximate surface area is 192 Å². The summed E-state index contributed by atoms with van der Waals surface area (Å²) in [7, 11) is 0. The maximum absolute atomic E-state index is 13.2. The molecule has 7 heteroatoms. The number of benzene rings is 2. The van der Waals surface area contributed by atoms with Gasteiger partial charge in [0.15, 0.2) is 11.5 Å². The molecule has 7 nitrogen and oxygen atoms in total. The number of amides is 2. The highest BCUT2D eigenvalue weighted by atomic mass is 16.6. The molecule has 3 aromatic rings. The van der Waals surface area contributed by atoms with Crippen molar-refractivity contribution in [2.75, 3.05) is 37.7 Å². The maximum Gasteiger partial charge on any atom is 0.228 e. The number of aromatic amines is 1. The van der Waals surface area contributed by atoms with Crippen molar-refractivity contribution < 1.29 is 19.1 Å². The zero-order valence-electron chi connectivity index (χ0n) is 18.5. The van der Waals surface area contributed by atoms with Crippen molar-refractivity contribution in [3.63, 3.8) is 0 Å². The van der Waals surface area contributed by atoms with E-state index in [2.05, 4.69) is 29.2 Å². The first-order valence-electron chi connectivity index (χ1n) is 11.7. The average Bonchev–Trinajstić information content (AvgIpc) is 3.47. The van der Waals surface area contributed by atoms with Gasteiger partial charge in [0.2, 0.25) is 11.8 Å². The number of piperidine rings is 1. The highest BCUT2D eigenvalue weighted by Crippen LogP contribution is 2.37. The van der Waals surface area contributed by atoms with Gasteiger partial charge < -0.3 is 24.3 Å². The van der Waals surface area contributed by atoms with Crippen LogP contribution in [0.15, 0.2) is 48.5 Å². The second kappa shape index (κ2) is 8.14. The summed E-state index contributed by atoms with van der Waals surface area (Å²) < 4.78 is 11.2. The Hall–Kier alpha value is -3.48. The molecule has 0 saturated carbocycles. The van der Waals surface area contributed by atoms with E-state index >= 15 is 0 Å². The van der Waals surface area contributed by atoms with Crippen LogP contribution in [0.1, 0.15) is 30.9 Å². The van der Waals surface area contributed by atoms with Crippen LogP contribution in [-0.4, -0.2) is 54.5 Å². The van der Waals surface area contributed by atoms with Gasteiger partial charge in [-0.05, 0) is 42.5 Å². The summed E-state index contributed by atoms with van der Waals surface area (Å²) in [6.45, 7) is 2.91. The highest BCUT2D eigenvalue weighted by molar-refractivity contribution is 6.00. The quantitative estimate of drug-likeness (QED) is 0.667. The van der Waals surface area contributed by atoms with Crippen LogP contribution in [0.5, 0.6) is 11.5 Å². The van der Waals surface area contributed by atoms with E-state index in [-0.39, 0.29) is 24.2 Å². The molecule has 0 spiro atoms. The minimum Gasteiger partial charge on any atom is -0.486 e. The van der Waals surface area contributed by atoms with Crippen molar-refractivity contribution >= 4 is 28.4 Å². The third-order valence-electron chi connectivity index (χ3n) is 7.11. The summed E-state index contributed by atoms with van der Waals surface area (Å²) in [6, 6.07) is 16.1. The van der Waals surface area contributed by atoms with Gasteiger partial charge in [-0.25, -0.2) is 0 Å². The monoisotopic (exact) mass is 445 g/mol. The second-order valence-corrected chi connectivity index (χ2v) is 9.14. The zero-order valence-corrected chi connectivity index (χ0v) is 18.5. The number of H-pyrrole nitrogens is 1. The molecule has 3 aliphatic heterocycles. The molecular weight excluding hydrogens is 418 g/mol. The number of fused-ring (bicyclic) bond motifs is 2. The summed E-state index contributed by atoms with van der Waals surface area (Å²) in [5, 5.41) is 1.23. The van der Waals surface area contributed by atoms with Crippen molar-refractivity contribution in [3.05, 3.63) is 54.2 Å². The molecule has 1 aromatic heterocycles. The number of para-hydroxylation sites is 1. The topological polar surface area (TPSA) is 74.9 Å². The molecule has 1 atom stereocenters. The molecule has 1 unspecified atom stereocenters. The van der Waals surface area contributed by atoms with E-state index in [1.165, 1.54) is 11.1 Å². The number of anilines is 1. The fraction of sp³-hybridized carbons (Fsp3) is 0.385. The molecule has 1 N–H and O–H groups in total. The van der Waals surface area contributed by atoms with Crippen LogP contribution in [0, 0.1) is 5.92 Å². The normalized spacial score (nSPS) is 21.1. The van der Waals surface area contributed by atoms with Crippen molar-refractivity contribution in [1.29, 1.82) is 0 Å². The van der Waals surface area contributed by atoms with Gasteiger partial charge in [-0.2, -0.15) is 0 Å². The van der Waals surface area contributed by atoms with Crippen molar-refractivity contribution in [2.45, 2.75) is 25.2 Å². The third-order valence-corrected chi connectivity index (χ3v) is 7.11. The largest absolute Gasteiger partial charge is 0.486 e. The molecule has 0 radical (unpaired) electrons. The Morgan fingerprint density at radius 2 is 1.76 bits per heavy atom. The summed E-state index contributed by atoms with van der Waals surface area (Å²) >= 11 is 0. The summed E-state index contributed by atoms with van der Waals surface area (Å²) in [4.78, 5) is 33.2. The first kappa shape index (κ1) is 20.1. The number of carbonyl (C=O) groups excluding carboxylic acids is 2. The average molecular weight is 446 g/mol. The summed E-state index contributed by atoms with van der Waals surface area (Å²) in [5.74, 6) is 1.56. The predicted molar refractivity (Wildman–Crippen MR) is 125 cm³/mol. The number of hydrogen-bond acceptors (Lipinski definition) is 4. The lowest BCUT2D eigenvalue weighted by Gasteiger charge is -2.33. The predicted octanol–water partition coefficient (Wildman–Crippen LogP) is 3.70. The van der Waals surface area contributed by atoms with Gasteiger partial charge in [0, 0.05) is 54.9 Å². The van der Waals surface area contributed by atoms with Crippen molar-refractivity contribution in [2.24, 2.45) is 5.92 Å². The number of carbonyl (C=O) groups is 2. The van der Waals surface area contributed by atoms with Gasteiger partial charge in [-0.1, -0.05) is 18.2 Å². The number of ether oxygens (including phenoxy) is 2. The molecule has 33 heavy (non-hydrogen) atoms. The van der Waals surface area contributed by atoms with Gasteiger partial charge in [0.1, 0.15) is 13.2 Å². The third kappa shape index (κ3) is 3.71. The number of rotatable bonds is 3. The molecular formula is C26H27N3O4. The number of aromatic nitrogens is 1. The standard InChI is InChI=1S/C26H27N3O4/c30-25-14-19(16-29(25)20-5-6-23-24(15-20)33-12-11-32-23)26(31)28-9-7-17(8-10-28)22-13-18-3-1-2-4-21(18)27-22/h1-6,13,15,17,19,27H,7-12,14,16H2. The maximum atomic E-state index is 13.2. The number of nitrogens with one attached hydrogen (secondary N) is 1. The van der Waals surface area contributed by atoms with Crippen molar-refractivity contribution in [1.82, 2.24) is 9.88 Å². The van der Waals surface area contributed by atoms with Gasteiger partial charge >= 0.3 is 0 Å². The Kier molecular flexibility index (Phi) is 4.97. The molecule has 6 rings (SSSR count). The highest BCUT2D eigenvalue weighted by Gasteiger charge is 2.38. The molecule has 170 valence electrons. The number of likely N-dealkylation sites (tertiary alicyclic amines) is 1. The smallest absolute Gasteiger partial charge is 0.228 e. The minimum atomic E-state index is -0.296. The van der Waals surface area contributed by atoms with Gasteiger partial charge in [0.25, 0.3) is 0 Å². The Bertz CT molecular complexity index is 1180. The van der Waals surface area contributed by atoms with E-state index < -0.39 is 0 Å². The number of hydrogen-bond donors (Lipinski definition) is 1. The molecule has 2 fully saturated rings. The molecule has 2 saturated heterocycles. The zero-order chi connectivity index (χ0) is 22.4. The summed E-state index contributed by atoms with van der Waals surface area (Å²) in [6.07, 6.45) is 2.13. The van der Waals surface area contributed by atoms with Crippen LogP contribution in [0.25, 0.3) is 10.9 Å². The number of nitrogens with zero attached hydrogens (tertiary/aromatic N) is 2. The van der Waals surface area contributed by atoms with E-state index in [1.54, 1.807) is 4.90 Å². The Balaban J connectivity index is 1.10. The van der Waals surface area contributed by atoms with E-state index in [4.69, 9.17) is 9.47 Å². The fourth-order valence-corrected chi connectivity index (χ4v) is 5.31. The molecule has 0 bridgehead atoms. The van der Waals surface area contributed by atoms with E-state index in [0.29, 0.717) is 37.2 Å². The Morgan fingerprint density at radius 3 is 2.58 bits per heavy atom. The SMILES string of the molecule is O=C(C1CC(=O)N(c2ccc3c(c2)OCCO3)C1)N1CCC(c2cc3ccccc3[nH]2)CC1. The lowest BCUT2D eigenvalue weighted by molar-refractivity contribution is -0.136. The van der Waals surface area contributed by atoms with Gasteiger partial charge in [-0.15, -0.1) is 0 Å². The Morgan fingerprint density at radius 1 is 0.970 bits per heavy atom. The second-order valence-electron chi connectivity index (χ2n) is 9.14. The molecule has 0 aliphatic carbocycles. The molecule has 2 aromatic carbocycles. The van der Waals surface area contributed by atoms with Gasteiger partial charge in [-0.3, -0.25) is 9.59 Å². The van der Waals surface area contributed by atoms with Crippen LogP contribution >= 0.6 is 0 Å². The lowest BCUT2D eigenvalue weighted by Crippen LogP contribution is -2.42. The molecule has 3 aliphatic rings. The van der Waals surface area contributed by atoms with Crippen LogP contribution < -0.4 is 14.4 Å². The molecule has 2 amide bonds.